The average molecular weight is 272 g/mol. The highest BCUT2D eigenvalue weighted by Crippen LogP contribution is 2.32. The number of esters is 1. The topological polar surface area (TPSA) is 95.5 Å². The Morgan fingerprint density at radius 3 is 2.50 bits per heavy atom. The largest absolute Gasteiger partial charge is 0.465 e. The van der Waals surface area contributed by atoms with Crippen LogP contribution >= 0.6 is 0 Å². The third kappa shape index (κ3) is 2.44. The van der Waals surface area contributed by atoms with Gasteiger partial charge in [-0.25, -0.2) is 4.79 Å². The van der Waals surface area contributed by atoms with E-state index in [1.165, 1.54) is 25.3 Å². The van der Waals surface area contributed by atoms with Crippen molar-refractivity contribution in [3.8, 4) is 11.1 Å². The predicted molar refractivity (Wildman–Crippen MR) is 74.3 cm³/mol. The van der Waals surface area contributed by atoms with E-state index in [1.54, 1.807) is 24.3 Å². The Bertz CT molecular complexity index is 683. The summed E-state index contributed by atoms with van der Waals surface area (Å²) in [4.78, 5) is 22.1. The first kappa shape index (κ1) is 13.5. The second-order valence-electron chi connectivity index (χ2n) is 4.07. The number of nitro benzene ring substituents is 1. The number of ether oxygens (including phenoxy) is 1. The number of hydrogen-bond acceptors (Lipinski definition) is 5. The quantitative estimate of drug-likeness (QED) is 0.401. The van der Waals surface area contributed by atoms with Gasteiger partial charge < -0.3 is 10.5 Å². The highest BCUT2D eigenvalue weighted by atomic mass is 16.6. The average Bonchev–Trinajstić information content (AvgIpc) is 2.46. The molecule has 20 heavy (non-hydrogen) atoms. The van der Waals surface area contributed by atoms with Gasteiger partial charge in [-0.15, -0.1) is 0 Å². The molecule has 6 nitrogen and oxygen atoms in total. The number of non-ortho nitro benzene ring substituents is 1. The Labute approximate surface area is 114 Å². The molecule has 0 aliphatic rings. The van der Waals surface area contributed by atoms with Gasteiger partial charge in [0.1, 0.15) is 0 Å². The highest BCUT2D eigenvalue weighted by Gasteiger charge is 2.18. The molecule has 0 saturated heterocycles. The fourth-order valence-electron chi connectivity index (χ4n) is 1.90. The Kier molecular flexibility index (Phi) is 3.65. The first-order valence-electron chi connectivity index (χ1n) is 5.76. The number of hydrogen-bond donors (Lipinski definition) is 1. The lowest BCUT2D eigenvalue weighted by Crippen LogP contribution is -2.05. The molecule has 2 rings (SSSR count). The molecule has 2 N–H and O–H groups in total. The molecule has 0 aliphatic heterocycles. The monoisotopic (exact) mass is 272 g/mol. The van der Waals surface area contributed by atoms with Crippen molar-refractivity contribution in [3.05, 3.63) is 58.1 Å². The number of nitrogens with zero attached hydrogens (tertiary/aromatic N) is 1. The zero-order valence-electron chi connectivity index (χ0n) is 10.7. The molecule has 0 radical (unpaired) electrons. The molecule has 0 spiro atoms. The number of nitrogens with two attached hydrogens (primary N) is 1. The van der Waals surface area contributed by atoms with Crippen LogP contribution in [0.3, 0.4) is 0 Å². The van der Waals surface area contributed by atoms with E-state index in [4.69, 9.17) is 5.73 Å². The molecule has 0 bridgehead atoms. The summed E-state index contributed by atoms with van der Waals surface area (Å²) in [5.74, 6) is -0.571. The maximum absolute atomic E-state index is 11.8. The van der Waals surface area contributed by atoms with Crippen LogP contribution in [-0.2, 0) is 4.74 Å². The van der Waals surface area contributed by atoms with Gasteiger partial charge in [-0.1, -0.05) is 18.2 Å². The molecule has 0 aromatic heterocycles. The summed E-state index contributed by atoms with van der Waals surface area (Å²) < 4.78 is 4.69. The molecule has 0 heterocycles. The van der Waals surface area contributed by atoms with Gasteiger partial charge in [0.2, 0.25) is 0 Å². The molecule has 2 aromatic carbocycles. The van der Waals surface area contributed by atoms with Crippen LogP contribution in [0.4, 0.5) is 11.4 Å². The molecular weight excluding hydrogens is 260 g/mol. The van der Waals surface area contributed by atoms with E-state index in [9.17, 15) is 14.9 Å². The van der Waals surface area contributed by atoms with Gasteiger partial charge in [-0.05, 0) is 12.1 Å². The van der Waals surface area contributed by atoms with Crippen molar-refractivity contribution in [2.24, 2.45) is 0 Å². The summed E-state index contributed by atoms with van der Waals surface area (Å²) in [6.45, 7) is 0. The maximum Gasteiger partial charge on any atom is 0.338 e. The fraction of sp³-hybridized carbons (Fsp3) is 0.0714. The number of para-hydroxylation sites is 1. The molecule has 0 atom stereocenters. The van der Waals surface area contributed by atoms with E-state index >= 15 is 0 Å². The van der Waals surface area contributed by atoms with E-state index in [2.05, 4.69) is 4.74 Å². The van der Waals surface area contributed by atoms with Crippen LogP contribution in [0.2, 0.25) is 0 Å². The van der Waals surface area contributed by atoms with Crippen LogP contribution in [0, 0.1) is 10.1 Å². The number of nitrogen functional groups attached to an aromatic ring is 1. The third-order valence-corrected chi connectivity index (χ3v) is 2.87. The Morgan fingerprint density at radius 1 is 1.20 bits per heavy atom. The van der Waals surface area contributed by atoms with Crippen molar-refractivity contribution in [3.63, 3.8) is 0 Å². The van der Waals surface area contributed by atoms with Crippen molar-refractivity contribution >= 4 is 17.3 Å². The minimum absolute atomic E-state index is 0.115. The smallest absolute Gasteiger partial charge is 0.338 e. The Hall–Kier alpha value is -2.89. The number of carbonyl (C=O) groups excluding carboxylic acids is 1. The lowest BCUT2D eigenvalue weighted by molar-refractivity contribution is -0.384. The van der Waals surface area contributed by atoms with E-state index in [-0.39, 0.29) is 11.3 Å². The lowest BCUT2D eigenvalue weighted by atomic mass is 9.97. The van der Waals surface area contributed by atoms with Gasteiger partial charge in [0, 0.05) is 28.9 Å². The summed E-state index contributed by atoms with van der Waals surface area (Å²) in [5, 5.41) is 10.9. The summed E-state index contributed by atoms with van der Waals surface area (Å²) >= 11 is 0. The minimum atomic E-state index is -0.571. The molecular formula is C14H12N2O4. The second-order valence-corrected chi connectivity index (χ2v) is 4.07. The maximum atomic E-state index is 11.8. The minimum Gasteiger partial charge on any atom is -0.465 e. The van der Waals surface area contributed by atoms with Gasteiger partial charge >= 0.3 is 5.97 Å². The highest BCUT2D eigenvalue weighted by molar-refractivity contribution is 5.99. The number of nitro groups is 1. The van der Waals surface area contributed by atoms with Gasteiger partial charge in [-0.3, -0.25) is 10.1 Å². The van der Waals surface area contributed by atoms with Crippen LogP contribution in [-0.4, -0.2) is 18.0 Å². The summed E-state index contributed by atoms with van der Waals surface area (Å²) in [5.41, 5.74) is 7.34. The Morgan fingerprint density at radius 2 is 1.90 bits per heavy atom. The molecule has 0 aliphatic carbocycles. The summed E-state index contributed by atoms with van der Waals surface area (Å²) in [6, 6.07) is 10.8. The van der Waals surface area contributed by atoms with Gasteiger partial charge in [0.15, 0.2) is 0 Å². The number of rotatable bonds is 3. The Balaban J connectivity index is 2.70. The normalized spacial score (nSPS) is 10.1. The molecule has 102 valence electrons. The van der Waals surface area contributed by atoms with E-state index in [0.29, 0.717) is 16.8 Å². The molecule has 2 aromatic rings. The molecule has 0 unspecified atom stereocenters. The number of carbonyl (C=O) groups is 1. The summed E-state index contributed by atoms with van der Waals surface area (Å²) in [7, 11) is 1.25. The van der Waals surface area contributed by atoms with Crippen LogP contribution in [0.1, 0.15) is 10.4 Å². The van der Waals surface area contributed by atoms with Gasteiger partial charge in [0.05, 0.1) is 17.6 Å². The molecule has 6 heteroatoms. The third-order valence-electron chi connectivity index (χ3n) is 2.87. The van der Waals surface area contributed by atoms with E-state index in [1.807, 2.05) is 0 Å². The predicted octanol–water partition coefficient (Wildman–Crippen LogP) is 2.63. The SMILES string of the molecule is COC(=O)c1ccc([N+](=O)[O-])cc1-c1ccccc1N. The molecule has 0 amide bonds. The van der Waals surface area contributed by atoms with Crippen LogP contribution in [0.15, 0.2) is 42.5 Å². The molecule has 0 saturated carbocycles. The van der Waals surface area contributed by atoms with Crippen LogP contribution in [0.5, 0.6) is 0 Å². The second kappa shape index (κ2) is 5.40. The van der Waals surface area contributed by atoms with Crippen molar-refractivity contribution < 1.29 is 14.5 Å². The van der Waals surface area contributed by atoms with E-state index < -0.39 is 10.9 Å². The van der Waals surface area contributed by atoms with Crippen molar-refractivity contribution in [2.75, 3.05) is 12.8 Å². The van der Waals surface area contributed by atoms with Crippen molar-refractivity contribution in [1.82, 2.24) is 0 Å². The van der Waals surface area contributed by atoms with Gasteiger partial charge in [-0.2, -0.15) is 0 Å². The zero-order valence-corrected chi connectivity index (χ0v) is 10.7. The number of methoxy groups -OCH3 is 1. The van der Waals surface area contributed by atoms with Crippen LogP contribution in [0.25, 0.3) is 11.1 Å². The van der Waals surface area contributed by atoms with Crippen molar-refractivity contribution in [2.45, 2.75) is 0 Å². The summed E-state index contributed by atoms with van der Waals surface area (Å²) in [6.07, 6.45) is 0. The molecule has 0 fully saturated rings. The van der Waals surface area contributed by atoms with Crippen molar-refractivity contribution in [1.29, 1.82) is 0 Å². The number of benzene rings is 2. The number of anilines is 1. The van der Waals surface area contributed by atoms with E-state index in [0.717, 1.165) is 0 Å². The first-order valence-corrected chi connectivity index (χ1v) is 5.76. The standard InChI is InChI=1S/C14H12N2O4/c1-20-14(17)11-7-6-9(16(18)19)8-12(11)10-4-2-3-5-13(10)15/h2-8H,15H2,1H3. The lowest BCUT2D eigenvalue weighted by Gasteiger charge is -2.10. The first-order chi connectivity index (χ1) is 9.54. The van der Waals surface area contributed by atoms with Crippen LogP contribution < -0.4 is 5.73 Å². The zero-order chi connectivity index (χ0) is 14.7. The fourth-order valence-corrected chi connectivity index (χ4v) is 1.90. The van der Waals surface area contributed by atoms with Gasteiger partial charge in [0.25, 0.3) is 5.69 Å².